The minimum Gasteiger partial charge on any atom is -0.413 e. The van der Waals surface area contributed by atoms with Crippen molar-refractivity contribution >= 4 is 8.32 Å². The Morgan fingerprint density at radius 3 is 2.17 bits per heavy atom. The van der Waals surface area contributed by atoms with E-state index in [1.165, 1.54) is 0 Å². The van der Waals surface area contributed by atoms with Crippen LogP contribution < -0.4 is 0 Å². The maximum absolute atomic E-state index is 10.2. The van der Waals surface area contributed by atoms with Crippen LogP contribution >= 0.6 is 0 Å². The highest BCUT2D eigenvalue weighted by Gasteiger charge is 2.37. The molecule has 0 aromatic carbocycles. The van der Waals surface area contributed by atoms with Crippen LogP contribution in [0.5, 0.6) is 0 Å². The molecule has 23 heavy (non-hydrogen) atoms. The van der Waals surface area contributed by atoms with Gasteiger partial charge in [-0.25, -0.2) is 0 Å². The van der Waals surface area contributed by atoms with Crippen LogP contribution in [0.3, 0.4) is 0 Å². The van der Waals surface area contributed by atoms with E-state index in [1.54, 1.807) is 7.11 Å². The molecule has 1 N–H and O–H groups in total. The molecule has 0 aromatic rings. The van der Waals surface area contributed by atoms with Crippen molar-refractivity contribution < 1.29 is 19.0 Å². The van der Waals surface area contributed by atoms with Crippen LogP contribution in [0.2, 0.25) is 18.1 Å². The van der Waals surface area contributed by atoms with Gasteiger partial charge in [0.15, 0.2) is 8.32 Å². The van der Waals surface area contributed by atoms with Crippen molar-refractivity contribution in [3.63, 3.8) is 0 Å². The molecule has 0 aliphatic carbocycles. The Morgan fingerprint density at radius 2 is 1.74 bits per heavy atom. The second-order valence-electron chi connectivity index (χ2n) is 8.17. The Labute approximate surface area is 144 Å². The molecule has 0 radical (unpaired) electrons. The van der Waals surface area contributed by atoms with Gasteiger partial charge in [-0.1, -0.05) is 40.7 Å². The number of rotatable bonds is 10. The van der Waals surface area contributed by atoms with Crippen molar-refractivity contribution in [3.8, 4) is 0 Å². The molecule has 0 saturated carbocycles. The van der Waals surface area contributed by atoms with Gasteiger partial charge in [0.1, 0.15) is 6.79 Å². The van der Waals surface area contributed by atoms with E-state index in [0.29, 0.717) is 13.0 Å². The van der Waals surface area contributed by atoms with E-state index in [9.17, 15) is 5.11 Å². The van der Waals surface area contributed by atoms with Gasteiger partial charge in [-0.05, 0) is 43.0 Å². The van der Waals surface area contributed by atoms with Crippen LogP contribution in [0.4, 0.5) is 0 Å². The van der Waals surface area contributed by atoms with E-state index in [0.717, 1.165) is 5.57 Å². The molecule has 0 aliphatic heterocycles. The normalized spacial score (nSPS) is 16.7. The molecule has 138 valence electrons. The summed E-state index contributed by atoms with van der Waals surface area (Å²) in [5, 5.41) is 10.4. The van der Waals surface area contributed by atoms with Gasteiger partial charge >= 0.3 is 0 Å². The standard InChI is InChI=1S/C18H38O4Si/c1-14(2)17(19)11-16(10-15(3)21-13-20-7)12-22-23(8,9)18(4,5)6/h10,14-15,17,19H,11-13H2,1-9H3/b16-10+/t15-,17+/m1/s1. The summed E-state index contributed by atoms with van der Waals surface area (Å²) in [7, 11) is -0.199. The van der Waals surface area contributed by atoms with Crippen LogP contribution in [0.25, 0.3) is 0 Å². The number of ether oxygens (including phenoxy) is 2. The molecule has 0 unspecified atom stereocenters. The van der Waals surface area contributed by atoms with Crippen molar-refractivity contribution in [2.45, 2.75) is 78.3 Å². The zero-order valence-electron chi connectivity index (χ0n) is 16.6. The first kappa shape index (κ1) is 22.8. The van der Waals surface area contributed by atoms with Gasteiger partial charge in [0.2, 0.25) is 0 Å². The Hall–Kier alpha value is -0.203. The predicted octanol–water partition coefficient (Wildman–Crippen LogP) is 4.35. The summed E-state index contributed by atoms with van der Waals surface area (Å²) in [6.07, 6.45) is 2.25. The lowest BCUT2D eigenvalue weighted by molar-refractivity contribution is -0.0499. The molecule has 0 bridgehead atoms. The summed E-state index contributed by atoms with van der Waals surface area (Å²) < 4.78 is 16.8. The molecule has 0 aliphatic rings. The first-order chi connectivity index (χ1) is 10.4. The molecule has 0 spiro atoms. The minimum atomic E-state index is -1.81. The Bertz CT molecular complexity index is 359. The van der Waals surface area contributed by atoms with Gasteiger partial charge in [-0.15, -0.1) is 0 Å². The highest BCUT2D eigenvalue weighted by Crippen LogP contribution is 2.37. The molecule has 0 fully saturated rings. The average Bonchev–Trinajstić information content (AvgIpc) is 2.41. The fourth-order valence-corrected chi connectivity index (χ4v) is 2.70. The quantitative estimate of drug-likeness (QED) is 0.363. The third-order valence-electron chi connectivity index (χ3n) is 4.58. The number of aliphatic hydroxyl groups is 1. The first-order valence-electron chi connectivity index (χ1n) is 8.53. The number of methoxy groups -OCH3 is 1. The van der Waals surface area contributed by atoms with Gasteiger partial charge in [0.05, 0.1) is 18.8 Å². The molecule has 0 amide bonds. The maximum atomic E-state index is 10.2. The third kappa shape index (κ3) is 9.01. The number of hydrogen-bond donors (Lipinski definition) is 1. The second-order valence-corrected chi connectivity index (χ2v) is 13.0. The van der Waals surface area contributed by atoms with E-state index in [4.69, 9.17) is 13.9 Å². The molecular formula is C18H38O4Si. The fraction of sp³-hybridized carbons (Fsp3) is 0.889. The van der Waals surface area contributed by atoms with Gasteiger partial charge in [-0.3, -0.25) is 0 Å². The van der Waals surface area contributed by atoms with E-state index in [1.807, 2.05) is 20.8 Å². The molecular weight excluding hydrogens is 308 g/mol. The van der Waals surface area contributed by atoms with Crippen LogP contribution in [-0.4, -0.2) is 46.1 Å². The highest BCUT2D eigenvalue weighted by molar-refractivity contribution is 6.74. The lowest BCUT2D eigenvalue weighted by Gasteiger charge is -2.36. The van der Waals surface area contributed by atoms with Gasteiger partial charge in [0, 0.05) is 7.11 Å². The number of hydrogen-bond acceptors (Lipinski definition) is 4. The molecule has 0 rings (SSSR count). The van der Waals surface area contributed by atoms with Crippen LogP contribution in [0.1, 0.15) is 48.0 Å². The lowest BCUT2D eigenvalue weighted by Crippen LogP contribution is -2.41. The monoisotopic (exact) mass is 346 g/mol. The van der Waals surface area contributed by atoms with E-state index in [-0.39, 0.29) is 30.0 Å². The Balaban J connectivity index is 4.95. The SMILES string of the molecule is COCO[C@H](C)/C=C(/CO[Si](C)(C)C(C)(C)C)C[C@H](O)C(C)C. The minimum absolute atomic E-state index is 0.0627. The zero-order valence-corrected chi connectivity index (χ0v) is 17.6. The van der Waals surface area contributed by atoms with Crippen molar-refractivity contribution in [2.24, 2.45) is 5.92 Å². The zero-order chi connectivity index (χ0) is 18.3. The summed E-state index contributed by atoms with van der Waals surface area (Å²) in [6.45, 7) is 18.0. The van der Waals surface area contributed by atoms with Crippen molar-refractivity contribution in [1.82, 2.24) is 0 Å². The predicted molar refractivity (Wildman–Crippen MR) is 99.1 cm³/mol. The summed E-state index contributed by atoms with van der Waals surface area (Å²) in [6, 6.07) is 0. The molecule has 0 saturated heterocycles. The summed E-state index contributed by atoms with van der Waals surface area (Å²) >= 11 is 0. The fourth-order valence-electron chi connectivity index (χ4n) is 1.72. The third-order valence-corrected chi connectivity index (χ3v) is 9.06. The van der Waals surface area contributed by atoms with Crippen LogP contribution in [0, 0.1) is 5.92 Å². The molecule has 0 heterocycles. The van der Waals surface area contributed by atoms with Gasteiger partial charge in [0.25, 0.3) is 0 Å². The topological polar surface area (TPSA) is 47.9 Å². The lowest BCUT2D eigenvalue weighted by atomic mass is 9.99. The molecule has 0 aromatic heterocycles. The van der Waals surface area contributed by atoms with Gasteiger partial charge in [-0.2, -0.15) is 0 Å². The largest absolute Gasteiger partial charge is 0.413 e. The second kappa shape index (κ2) is 9.94. The van der Waals surface area contributed by atoms with Crippen molar-refractivity contribution in [2.75, 3.05) is 20.5 Å². The summed E-state index contributed by atoms with van der Waals surface area (Å²) in [5.74, 6) is 0.224. The van der Waals surface area contributed by atoms with Crippen molar-refractivity contribution in [1.29, 1.82) is 0 Å². The van der Waals surface area contributed by atoms with E-state index in [2.05, 4.69) is 39.9 Å². The molecule has 2 atom stereocenters. The Morgan fingerprint density at radius 1 is 1.17 bits per heavy atom. The molecule has 4 nitrogen and oxygen atoms in total. The van der Waals surface area contributed by atoms with Crippen molar-refractivity contribution in [3.05, 3.63) is 11.6 Å². The van der Waals surface area contributed by atoms with Crippen LogP contribution in [-0.2, 0) is 13.9 Å². The summed E-state index contributed by atoms with van der Waals surface area (Å²) in [4.78, 5) is 0. The van der Waals surface area contributed by atoms with E-state index >= 15 is 0 Å². The maximum Gasteiger partial charge on any atom is 0.192 e. The van der Waals surface area contributed by atoms with Crippen LogP contribution in [0.15, 0.2) is 11.6 Å². The smallest absolute Gasteiger partial charge is 0.192 e. The number of aliphatic hydroxyl groups excluding tert-OH is 1. The van der Waals surface area contributed by atoms with E-state index < -0.39 is 8.32 Å². The highest BCUT2D eigenvalue weighted by atomic mass is 28.4. The van der Waals surface area contributed by atoms with Gasteiger partial charge < -0.3 is 19.0 Å². The Kier molecular flexibility index (Phi) is 9.85. The first-order valence-corrected chi connectivity index (χ1v) is 11.4. The summed E-state index contributed by atoms with van der Waals surface area (Å²) in [5.41, 5.74) is 1.10. The molecule has 5 heteroatoms. The average molecular weight is 347 g/mol.